The first-order valence-electron chi connectivity index (χ1n) is 9.23. The topological polar surface area (TPSA) is 70.1 Å². The van der Waals surface area contributed by atoms with E-state index in [0.717, 1.165) is 48.8 Å². The largest absolute Gasteiger partial charge is 0.355 e. The van der Waals surface area contributed by atoms with Crippen LogP contribution in [0, 0.1) is 11.3 Å². The summed E-state index contributed by atoms with van der Waals surface area (Å²) in [5.74, 6) is 2.44. The molecule has 1 saturated heterocycles. The van der Waals surface area contributed by atoms with Crippen molar-refractivity contribution in [3.8, 4) is 6.07 Å². The molecular weight excluding hydrogens is 324 g/mol. The van der Waals surface area contributed by atoms with Crippen molar-refractivity contribution in [2.24, 2.45) is 0 Å². The molecule has 1 aliphatic heterocycles. The molecule has 0 N–H and O–H groups in total. The van der Waals surface area contributed by atoms with Gasteiger partial charge in [-0.1, -0.05) is 30.3 Å². The summed E-state index contributed by atoms with van der Waals surface area (Å²) < 4.78 is 1.90. The van der Waals surface area contributed by atoms with Gasteiger partial charge in [0.2, 0.25) is 0 Å². The Morgan fingerprint density at radius 1 is 1.00 bits per heavy atom. The smallest absolute Gasteiger partial charge is 0.178 e. The number of fused-ring (bicyclic) bond motifs is 1. The summed E-state index contributed by atoms with van der Waals surface area (Å²) in [6.07, 6.45) is 3.98. The molecular formula is C20H20N6. The Bertz CT molecular complexity index is 974. The number of benzene rings is 1. The lowest BCUT2D eigenvalue weighted by molar-refractivity contribution is 0.413. The van der Waals surface area contributed by atoms with Crippen LogP contribution in [0.1, 0.15) is 43.0 Å². The Morgan fingerprint density at radius 2 is 1.77 bits per heavy atom. The van der Waals surface area contributed by atoms with E-state index in [1.165, 1.54) is 12.8 Å². The number of hydrogen-bond donors (Lipinski definition) is 0. The van der Waals surface area contributed by atoms with Gasteiger partial charge in [-0.25, -0.2) is 0 Å². The van der Waals surface area contributed by atoms with Crippen molar-refractivity contribution in [3.63, 3.8) is 0 Å². The minimum atomic E-state index is -0.391. The molecule has 0 amide bonds. The summed E-state index contributed by atoms with van der Waals surface area (Å²) in [5.41, 5.74) is 1.54. The molecule has 1 aliphatic carbocycles. The van der Waals surface area contributed by atoms with Gasteiger partial charge in [0, 0.05) is 19.0 Å². The molecule has 0 spiro atoms. The zero-order chi connectivity index (χ0) is 17.6. The molecule has 0 radical (unpaired) electrons. The number of piperidine rings is 1. The lowest BCUT2D eigenvalue weighted by atomic mass is 9.74. The molecule has 130 valence electrons. The van der Waals surface area contributed by atoms with Crippen molar-refractivity contribution in [2.75, 3.05) is 18.0 Å². The standard InChI is InChI=1S/C20H20N6/c21-14-20(16-4-2-1-3-5-16)10-12-25(13-11-20)18-9-8-17-22-23-19(15-6-7-15)26(17)24-18/h1-5,8-9,15H,6-7,10-13H2. The Kier molecular flexibility index (Phi) is 3.42. The Labute approximate surface area is 152 Å². The molecule has 0 bridgehead atoms. The lowest BCUT2D eigenvalue weighted by Gasteiger charge is -2.38. The zero-order valence-corrected chi connectivity index (χ0v) is 14.5. The number of rotatable bonds is 3. The average Bonchev–Trinajstić information content (AvgIpc) is 3.47. The zero-order valence-electron chi connectivity index (χ0n) is 14.5. The van der Waals surface area contributed by atoms with E-state index in [0.29, 0.717) is 5.92 Å². The van der Waals surface area contributed by atoms with Crippen LogP contribution in [0.15, 0.2) is 42.5 Å². The molecule has 3 aromatic rings. The molecule has 26 heavy (non-hydrogen) atoms. The van der Waals surface area contributed by atoms with Crippen LogP contribution in [0.25, 0.3) is 5.65 Å². The van der Waals surface area contributed by atoms with Gasteiger partial charge < -0.3 is 4.90 Å². The fraction of sp³-hybridized carbons (Fsp3) is 0.400. The Morgan fingerprint density at radius 3 is 2.46 bits per heavy atom. The fourth-order valence-corrected chi connectivity index (χ4v) is 3.90. The third-order valence-electron chi connectivity index (χ3n) is 5.70. The second kappa shape index (κ2) is 5.80. The van der Waals surface area contributed by atoms with E-state index in [-0.39, 0.29) is 0 Å². The second-order valence-electron chi connectivity index (χ2n) is 7.34. The van der Waals surface area contributed by atoms with Crippen LogP contribution >= 0.6 is 0 Å². The first kappa shape index (κ1) is 15.3. The third kappa shape index (κ3) is 2.43. The molecule has 0 atom stereocenters. The fourth-order valence-electron chi connectivity index (χ4n) is 3.90. The molecule has 6 nitrogen and oxygen atoms in total. The summed E-state index contributed by atoms with van der Waals surface area (Å²) >= 11 is 0. The number of anilines is 1. The monoisotopic (exact) mass is 344 g/mol. The van der Waals surface area contributed by atoms with Crippen LogP contribution in [0.2, 0.25) is 0 Å². The molecule has 5 rings (SSSR count). The van der Waals surface area contributed by atoms with Crippen LogP contribution < -0.4 is 4.90 Å². The maximum atomic E-state index is 9.86. The van der Waals surface area contributed by atoms with E-state index in [1.54, 1.807) is 0 Å². The second-order valence-corrected chi connectivity index (χ2v) is 7.34. The van der Waals surface area contributed by atoms with Crippen molar-refractivity contribution in [2.45, 2.75) is 37.0 Å². The normalized spacial score (nSPS) is 19.4. The van der Waals surface area contributed by atoms with Crippen molar-refractivity contribution >= 4 is 11.5 Å². The number of hydrogen-bond acceptors (Lipinski definition) is 5. The van der Waals surface area contributed by atoms with Gasteiger partial charge >= 0.3 is 0 Å². The van der Waals surface area contributed by atoms with Gasteiger partial charge in [0.05, 0.1) is 11.5 Å². The molecule has 1 aromatic carbocycles. The maximum absolute atomic E-state index is 9.86. The molecule has 1 saturated carbocycles. The molecule has 2 aliphatic rings. The first-order valence-corrected chi connectivity index (χ1v) is 9.23. The highest BCUT2D eigenvalue weighted by molar-refractivity contribution is 5.47. The molecule has 3 heterocycles. The van der Waals surface area contributed by atoms with Crippen molar-refractivity contribution < 1.29 is 0 Å². The third-order valence-corrected chi connectivity index (χ3v) is 5.70. The average molecular weight is 344 g/mol. The molecule has 0 unspecified atom stereocenters. The summed E-state index contributed by atoms with van der Waals surface area (Å²) in [6.45, 7) is 1.64. The van der Waals surface area contributed by atoms with E-state index < -0.39 is 5.41 Å². The highest BCUT2D eigenvalue weighted by Crippen LogP contribution is 2.39. The molecule has 2 aromatic heterocycles. The van der Waals surface area contributed by atoms with Crippen molar-refractivity contribution in [1.29, 1.82) is 5.26 Å². The predicted octanol–water partition coefficient (Wildman–Crippen LogP) is 3.06. The van der Waals surface area contributed by atoms with Crippen molar-refractivity contribution in [1.82, 2.24) is 19.8 Å². The van der Waals surface area contributed by atoms with Crippen LogP contribution in [-0.4, -0.2) is 32.9 Å². The predicted molar refractivity (Wildman–Crippen MR) is 97.9 cm³/mol. The van der Waals surface area contributed by atoms with Crippen LogP contribution in [0.4, 0.5) is 5.82 Å². The Hall–Kier alpha value is -2.94. The minimum Gasteiger partial charge on any atom is -0.355 e. The van der Waals surface area contributed by atoms with E-state index in [4.69, 9.17) is 5.10 Å². The minimum absolute atomic E-state index is 0.391. The number of aromatic nitrogens is 4. The van der Waals surface area contributed by atoms with E-state index in [9.17, 15) is 5.26 Å². The number of nitrogens with zero attached hydrogens (tertiary/aromatic N) is 6. The summed E-state index contributed by atoms with van der Waals surface area (Å²) in [7, 11) is 0. The van der Waals surface area contributed by atoms with Gasteiger partial charge in [0.25, 0.3) is 0 Å². The van der Waals surface area contributed by atoms with E-state index >= 15 is 0 Å². The SMILES string of the molecule is N#CC1(c2ccccc2)CCN(c2ccc3nnc(C4CC4)n3n2)CC1. The van der Waals surface area contributed by atoms with Crippen LogP contribution in [0.5, 0.6) is 0 Å². The first-order chi connectivity index (χ1) is 12.8. The molecule has 6 heteroatoms. The van der Waals surface area contributed by atoms with Crippen LogP contribution in [0.3, 0.4) is 0 Å². The van der Waals surface area contributed by atoms with Crippen LogP contribution in [-0.2, 0) is 5.41 Å². The summed E-state index contributed by atoms with van der Waals surface area (Å²) in [4.78, 5) is 2.27. The van der Waals surface area contributed by atoms with Gasteiger partial charge in [0.1, 0.15) is 5.82 Å². The van der Waals surface area contributed by atoms with E-state index in [2.05, 4.69) is 33.3 Å². The maximum Gasteiger partial charge on any atom is 0.178 e. The highest BCUT2D eigenvalue weighted by Gasteiger charge is 2.37. The van der Waals surface area contributed by atoms with Gasteiger partial charge in [-0.15, -0.1) is 15.3 Å². The summed E-state index contributed by atoms with van der Waals surface area (Å²) in [6, 6.07) is 16.8. The van der Waals surface area contributed by atoms with E-state index in [1.807, 2.05) is 34.8 Å². The van der Waals surface area contributed by atoms with Gasteiger partial charge in [0.15, 0.2) is 11.5 Å². The quantitative estimate of drug-likeness (QED) is 0.730. The van der Waals surface area contributed by atoms with Gasteiger partial charge in [-0.3, -0.25) is 0 Å². The molecule has 2 fully saturated rings. The van der Waals surface area contributed by atoms with Gasteiger partial charge in [-0.2, -0.15) is 9.78 Å². The van der Waals surface area contributed by atoms with Crippen molar-refractivity contribution in [3.05, 3.63) is 53.9 Å². The number of nitriles is 1. The highest BCUT2D eigenvalue weighted by atomic mass is 15.4. The summed E-state index contributed by atoms with van der Waals surface area (Å²) in [5, 5.41) is 23.2. The van der Waals surface area contributed by atoms with Gasteiger partial charge in [-0.05, 0) is 43.4 Å². The lowest BCUT2D eigenvalue weighted by Crippen LogP contribution is -2.42. The Balaban J connectivity index is 1.41.